The topological polar surface area (TPSA) is 64.6 Å². The molecule has 1 aromatic rings. The summed E-state index contributed by atoms with van der Waals surface area (Å²) in [5, 5.41) is 3.42. The Morgan fingerprint density at radius 2 is 1.89 bits per heavy atom. The highest BCUT2D eigenvalue weighted by molar-refractivity contribution is 5.80. The highest BCUT2D eigenvalue weighted by Crippen LogP contribution is 2.26. The van der Waals surface area contributed by atoms with Crippen molar-refractivity contribution in [3.05, 3.63) is 24.3 Å². The largest absolute Gasteiger partial charge is 0.493 e. The van der Waals surface area contributed by atoms with Crippen LogP contribution in [-0.2, 0) is 9.47 Å². The maximum absolute atomic E-state index is 6.01. The smallest absolute Gasteiger partial charge is 0.193 e. The van der Waals surface area contributed by atoms with Crippen LogP contribution < -0.4 is 14.8 Å². The Labute approximate surface area is 169 Å². The van der Waals surface area contributed by atoms with Crippen LogP contribution >= 0.6 is 0 Å². The van der Waals surface area contributed by atoms with Gasteiger partial charge in [0.2, 0.25) is 0 Å². The van der Waals surface area contributed by atoms with Crippen LogP contribution in [-0.4, -0.2) is 77.2 Å². The molecule has 1 heterocycles. The summed E-state index contributed by atoms with van der Waals surface area (Å²) in [5.74, 6) is 2.40. The summed E-state index contributed by atoms with van der Waals surface area (Å²) in [4.78, 5) is 6.71. The number of guanidine groups is 1. The minimum absolute atomic E-state index is 0.0188. The Hall–Kier alpha value is -1.99. The molecule has 1 aliphatic rings. The number of piperidine rings is 1. The first-order chi connectivity index (χ1) is 13.7. The Morgan fingerprint density at radius 3 is 2.54 bits per heavy atom. The molecule has 0 aliphatic carbocycles. The highest BCUT2D eigenvalue weighted by Gasteiger charge is 2.22. The van der Waals surface area contributed by atoms with E-state index in [9.17, 15) is 0 Å². The lowest BCUT2D eigenvalue weighted by molar-refractivity contribution is 0.00984. The molecule has 1 N–H and O–H groups in total. The summed E-state index contributed by atoms with van der Waals surface area (Å²) in [6, 6.07) is 7.69. The number of hydrogen-bond acceptors (Lipinski definition) is 5. The molecule has 0 aromatic heterocycles. The Bertz CT molecular complexity index is 589. The Morgan fingerprint density at radius 1 is 1.18 bits per heavy atom. The number of nitrogens with one attached hydrogen (secondary N) is 1. The molecule has 0 bridgehead atoms. The van der Waals surface area contributed by atoms with Crippen molar-refractivity contribution in [3.63, 3.8) is 0 Å². The van der Waals surface area contributed by atoms with Crippen LogP contribution in [0.4, 0.5) is 0 Å². The maximum atomic E-state index is 6.01. The summed E-state index contributed by atoms with van der Waals surface area (Å²) in [5.41, 5.74) is 0. The summed E-state index contributed by atoms with van der Waals surface area (Å²) in [6.45, 7) is 6.10. The molecular formula is C21H35N3O4. The van der Waals surface area contributed by atoms with Crippen molar-refractivity contribution in [2.75, 3.05) is 54.1 Å². The van der Waals surface area contributed by atoms with E-state index in [0.717, 1.165) is 63.0 Å². The fourth-order valence-electron chi connectivity index (χ4n) is 3.23. The number of likely N-dealkylation sites (tertiary alicyclic amines) is 1. The zero-order valence-corrected chi connectivity index (χ0v) is 17.6. The van der Waals surface area contributed by atoms with Crippen LogP contribution in [0, 0.1) is 0 Å². The number of methoxy groups -OCH3 is 2. The lowest BCUT2D eigenvalue weighted by Crippen LogP contribution is -2.48. The van der Waals surface area contributed by atoms with E-state index in [1.54, 1.807) is 14.2 Å². The minimum atomic E-state index is -0.0188. The summed E-state index contributed by atoms with van der Waals surface area (Å²) in [6.07, 6.45) is 3.29. The molecule has 158 valence electrons. The third kappa shape index (κ3) is 7.20. The number of ether oxygens (including phenoxy) is 4. The third-order valence-corrected chi connectivity index (χ3v) is 4.74. The third-order valence-electron chi connectivity index (χ3n) is 4.74. The van der Waals surface area contributed by atoms with Crippen molar-refractivity contribution in [1.82, 2.24) is 10.2 Å². The molecule has 0 amide bonds. The predicted molar refractivity (Wildman–Crippen MR) is 111 cm³/mol. The fourth-order valence-corrected chi connectivity index (χ4v) is 3.23. The van der Waals surface area contributed by atoms with E-state index in [1.165, 1.54) is 0 Å². The number of rotatable bonds is 10. The van der Waals surface area contributed by atoms with Crippen molar-refractivity contribution < 1.29 is 18.9 Å². The SMILES string of the molecule is CN=C(NCC(C)Oc1ccccc1OC)N1CCC(OCCCOC)CC1. The molecule has 28 heavy (non-hydrogen) atoms. The van der Waals surface area contributed by atoms with Crippen molar-refractivity contribution in [2.24, 2.45) is 4.99 Å². The molecule has 1 fully saturated rings. The summed E-state index contributed by atoms with van der Waals surface area (Å²) in [7, 11) is 5.19. The van der Waals surface area contributed by atoms with Gasteiger partial charge in [-0.3, -0.25) is 4.99 Å². The minimum Gasteiger partial charge on any atom is -0.493 e. The first-order valence-electron chi connectivity index (χ1n) is 10.0. The van der Waals surface area contributed by atoms with E-state index in [0.29, 0.717) is 12.6 Å². The van der Waals surface area contributed by atoms with Crippen LogP contribution in [0.5, 0.6) is 11.5 Å². The molecule has 1 aliphatic heterocycles. The molecular weight excluding hydrogens is 358 g/mol. The van der Waals surface area contributed by atoms with Crippen LogP contribution in [0.3, 0.4) is 0 Å². The Balaban J connectivity index is 1.72. The van der Waals surface area contributed by atoms with Crippen molar-refractivity contribution >= 4 is 5.96 Å². The van der Waals surface area contributed by atoms with Gasteiger partial charge in [0, 0.05) is 40.5 Å². The molecule has 2 rings (SSSR count). The van der Waals surface area contributed by atoms with E-state index < -0.39 is 0 Å². The second kappa shape index (κ2) is 12.5. The normalized spacial score (nSPS) is 16.7. The van der Waals surface area contributed by atoms with Crippen molar-refractivity contribution in [3.8, 4) is 11.5 Å². The first kappa shape index (κ1) is 22.3. The van der Waals surface area contributed by atoms with Crippen molar-refractivity contribution in [1.29, 1.82) is 0 Å². The lowest BCUT2D eigenvalue weighted by Gasteiger charge is -2.34. The summed E-state index contributed by atoms with van der Waals surface area (Å²) < 4.78 is 22.3. The zero-order valence-electron chi connectivity index (χ0n) is 17.6. The molecule has 0 radical (unpaired) electrons. The second-order valence-electron chi connectivity index (χ2n) is 6.91. The van der Waals surface area contributed by atoms with Crippen molar-refractivity contribution in [2.45, 2.75) is 38.4 Å². The predicted octanol–water partition coefficient (Wildman–Crippen LogP) is 2.56. The van der Waals surface area contributed by atoms with Gasteiger partial charge in [-0.25, -0.2) is 0 Å². The summed E-state index contributed by atoms with van der Waals surface area (Å²) >= 11 is 0. The molecule has 0 spiro atoms. The van der Waals surface area contributed by atoms with E-state index in [-0.39, 0.29) is 6.10 Å². The molecule has 7 nitrogen and oxygen atoms in total. The van der Waals surface area contributed by atoms with Crippen LogP contribution in [0.2, 0.25) is 0 Å². The number of aliphatic imine (C=N–C) groups is 1. The van der Waals surface area contributed by atoms with Gasteiger partial charge >= 0.3 is 0 Å². The van der Waals surface area contributed by atoms with Gasteiger partial charge in [-0.05, 0) is 38.3 Å². The van der Waals surface area contributed by atoms with Crippen LogP contribution in [0.25, 0.3) is 0 Å². The number of hydrogen-bond donors (Lipinski definition) is 1. The Kier molecular flexibility index (Phi) is 9.93. The van der Waals surface area contributed by atoms with E-state index >= 15 is 0 Å². The highest BCUT2D eigenvalue weighted by atomic mass is 16.5. The van der Waals surface area contributed by atoms with Crippen LogP contribution in [0.1, 0.15) is 26.2 Å². The number of para-hydroxylation sites is 2. The van der Waals surface area contributed by atoms with Gasteiger partial charge in [-0.1, -0.05) is 12.1 Å². The molecule has 0 saturated carbocycles. The van der Waals surface area contributed by atoms with Gasteiger partial charge in [-0.15, -0.1) is 0 Å². The standard InChI is InChI=1S/C21H35N3O4/c1-17(28-20-9-6-5-8-19(20)26-4)16-23-21(22-2)24-12-10-18(11-13-24)27-15-7-14-25-3/h5-6,8-9,17-18H,7,10-16H2,1-4H3,(H,22,23). The van der Waals surface area contributed by atoms with Gasteiger partial charge in [0.05, 0.1) is 19.8 Å². The average Bonchev–Trinajstić information content (AvgIpc) is 2.73. The van der Waals surface area contributed by atoms with E-state index in [4.69, 9.17) is 18.9 Å². The van der Waals surface area contributed by atoms with E-state index in [2.05, 4.69) is 15.2 Å². The molecule has 7 heteroatoms. The first-order valence-corrected chi connectivity index (χ1v) is 10.0. The molecule has 1 saturated heterocycles. The van der Waals surface area contributed by atoms with Gasteiger partial charge in [0.25, 0.3) is 0 Å². The van der Waals surface area contributed by atoms with Gasteiger partial charge < -0.3 is 29.2 Å². The lowest BCUT2D eigenvalue weighted by atomic mass is 10.1. The van der Waals surface area contributed by atoms with E-state index in [1.807, 2.05) is 38.2 Å². The average molecular weight is 394 g/mol. The number of nitrogens with zero attached hydrogens (tertiary/aromatic N) is 2. The van der Waals surface area contributed by atoms with Crippen LogP contribution in [0.15, 0.2) is 29.3 Å². The van der Waals surface area contributed by atoms with Gasteiger partial charge in [-0.2, -0.15) is 0 Å². The van der Waals surface area contributed by atoms with Gasteiger partial charge in [0.15, 0.2) is 17.5 Å². The fraction of sp³-hybridized carbons (Fsp3) is 0.667. The molecule has 1 aromatic carbocycles. The quantitative estimate of drug-likeness (QED) is 0.374. The maximum Gasteiger partial charge on any atom is 0.193 e. The van der Waals surface area contributed by atoms with Gasteiger partial charge in [0.1, 0.15) is 6.10 Å². The molecule has 1 unspecified atom stereocenters. The number of benzene rings is 1. The monoisotopic (exact) mass is 393 g/mol. The second-order valence-corrected chi connectivity index (χ2v) is 6.91. The molecule has 1 atom stereocenters. The zero-order chi connectivity index (χ0) is 20.2.